The minimum absolute atomic E-state index is 0.286. The van der Waals surface area contributed by atoms with Crippen LogP contribution in [0.5, 0.6) is 5.75 Å². The first-order valence-electron chi connectivity index (χ1n) is 6.08. The number of halogens is 1. The van der Waals surface area contributed by atoms with Crippen molar-refractivity contribution in [2.75, 3.05) is 12.4 Å². The van der Waals surface area contributed by atoms with Crippen LogP contribution in [0.4, 0.5) is 4.39 Å². The van der Waals surface area contributed by atoms with Crippen molar-refractivity contribution in [3.63, 3.8) is 0 Å². The summed E-state index contributed by atoms with van der Waals surface area (Å²) in [7, 11) is 0. The van der Waals surface area contributed by atoms with Crippen LogP contribution >= 0.6 is 11.8 Å². The van der Waals surface area contributed by atoms with Gasteiger partial charge >= 0.3 is 0 Å². The van der Waals surface area contributed by atoms with Gasteiger partial charge in [-0.3, -0.25) is 0 Å². The summed E-state index contributed by atoms with van der Waals surface area (Å²) in [4.78, 5) is 0. The van der Waals surface area contributed by atoms with Gasteiger partial charge in [0.1, 0.15) is 6.33 Å². The smallest absolute Gasteiger partial charge is 0.191 e. The van der Waals surface area contributed by atoms with Gasteiger partial charge in [0, 0.05) is 11.8 Å². The molecule has 102 valence electrons. The molecule has 0 N–H and O–H groups in total. The van der Waals surface area contributed by atoms with E-state index in [1.54, 1.807) is 36.3 Å². The highest BCUT2D eigenvalue weighted by Crippen LogP contribution is 2.20. The zero-order valence-electron chi connectivity index (χ0n) is 10.9. The molecule has 1 aromatic heterocycles. The quantitative estimate of drug-likeness (QED) is 0.602. The number of para-hydroxylation sites is 1. The van der Waals surface area contributed by atoms with Crippen molar-refractivity contribution < 1.29 is 9.13 Å². The molecule has 0 spiro atoms. The van der Waals surface area contributed by atoms with E-state index in [1.165, 1.54) is 6.07 Å². The number of aromatic nitrogens is 3. The topological polar surface area (TPSA) is 39.9 Å². The van der Waals surface area contributed by atoms with Crippen LogP contribution in [0, 0.1) is 5.82 Å². The molecule has 0 atom stereocenters. The highest BCUT2D eigenvalue weighted by atomic mass is 32.2. The summed E-state index contributed by atoms with van der Waals surface area (Å²) in [6.07, 6.45) is 1.71. The van der Waals surface area contributed by atoms with E-state index in [-0.39, 0.29) is 11.6 Å². The Kier molecular flexibility index (Phi) is 4.79. The Morgan fingerprint density at radius 1 is 1.37 bits per heavy atom. The number of hydrogen-bond acceptors (Lipinski definition) is 4. The molecule has 1 aromatic carbocycles. The zero-order chi connectivity index (χ0) is 13.7. The first-order valence-corrected chi connectivity index (χ1v) is 7.06. The first-order chi connectivity index (χ1) is 9.18. The van der Waals surface area contributed by atoms with Crippen LogP contribution in [0.2, 0.25) is 0 Å². The van der Waals surface area contributed by atoms with Gasteiger partial charge in [0.2, 0.25) is 0 Å². The molecule has 2 rings (SSSR count). The van der Waals surface area contributed by atoms with Gasteiger partial charge in [-0.15, -0.1) is 10.2 Å². The van der Waals surface area contributed by atoms with Gasteiger partial charge in [0.05, 0.1) is 6.61 Å². The molecule has 0 saturated carbocycles. The Morgan fingerprint density at radius 2 is 2.16 bits per heavy atom. The maximum atomic E-state index is 13.3. The fourth-order valence-corrected chi connectivity index (χ4v) is 2.40. The molecule has 2 aromatic rings. The third kappa shape index (κ3) is 3.70. The fraction of sp³-hybridized carbons (Fsp3) is 0.385. The Hall–Kier alpha value is -1.56. The third-order valence-corrected chi connectivity index (χ3v) is 3.43. The first kappa shape index (κ1) is 13.9. The summed E-state index contributed by atoms with van der Waals surface area (Å²) in [5.41, 5.74) is 0. The minimum Gasteiger partial charge on any atom is -0.490 e. The van der Waals surface area contributed by atoms with Crippen molar-refractivity contribution in [2.45, 2.75) is 25.0 Å². The highest BCUT2D eigenvalue weighted by Gasteiger charge is 2.08. The van der Waals surface area contributed by atoms with Crippen molar-refractivity contribution in [1.82, 2.24) is 14.8 Å². The Bertz CT molecular complexity index is 530. The number of nitrogens with zero attached hydrogens (tertiary/aromatic N) is 3. The monoisotopic (exact) mass is 281 g/mol. The van der Waals surface area contributed by atoms with Gasteiger partial charge in [-0.25, -0.2) is 4.39 Å². The third-order valence-electron chi connectivity index (χ3n) is 2.51. The molecule has 0 radical (unpaired) electrons. The van der Waals surface area contributed by atoms with Crippen LogP contribution in [-0.4, -0.2) is 27.1 Å². The normalized spacial score (nSPS) is 10.9. The lowest BCUT2D eigenvalue weighted by Crippen LogP contribution is -2.05. The molecule has 0 aliphatic rings. The van der Waals surface area contributed by atoms with Crippen molar-refractivity contribution >= 4 is 11.8 Å². The fourth-order valence-electron chi connectivity index (χ4n) is 1.54. The van der Waals surface area contributed by atoms with E-state index < -0.39 is 0 Å². The Morgan fingerprint density at radius 3 is 2.89 bits per heavy atom. The van der Waals surface area contributed by atoms with E-state index in [4.69, 9.17) is 4.74 Å². The predicted molar refractivity (Wildman–Crippen MR) is 73.0 cm³/mol. The maximum Gasteiger partial charge on any atom is 0.191 e. The molecule has 1 heterocycles. The second kappa shape index (κ2) is 6.56. The van der Waals surface area contributed by atoms with E-state index in [2.05, 4.69) is 24.0 Å². The van der Waals surface area contributed by atoms with E-state index in [0.717, 1.165) is 5.16 Å². The van der Waals surface area contributed by atoms with Gasteiger partial charge in [0.25, 0.3) is 0 Å². The van der Waals surface area contributed by atoms with Crippen LogP contribution in [0.1, 0.15) is 19.9 Å². The SMILES string of the molecule is CC(C)n1cnnc1SCCOc1ccccc1F. The molecule has 0 unspecified atom stereocenters. The number of ether oxygens (including phenoxy) is 1. The number of benzene rings is 1. The summed E-state index contributed by atoms with van der Waals surface area (Å²) in [6, 6.07) is 6.72. The minimum atomic E-state index is -0.335. The van der Waals surface area contributed by atoms with Gasteiger partial charge in [0.15, 0.2) is 16.7 Å². The summed E-state index contributed by atoms with van der Waals surface area (Å²) in [6.45, 7) is 4.57. The lowest BCUT2D eigenvalue weighted by atomic mass is 10.3. The van der Waals surface area contributed by atoms with E-state index >= 15 is 0 Å². The van der Waals surface area contributed by atoms with E-state index in [0.29, 0.717) is 18.4 Å². The van der Waals surface area contributed by atoms with E-state index in [9.17, 15) is 4.39 Å². The molecule has 6 heteroatoms. The molecule has 0 amide bonds. The molecule has 0 fully saturated rings. The van der Waals surface area contributed by atoms with Crippen molar-refractivity contribution in [1.29, 1.82) is 0 Å². The lowest BCUT2D eigenvalue weighted by molar-refractivity contribution is 0.324. The van der Waals surface area contributed by atoms with Crippen molar-refractivity contribution in [3.8, 4) is 5.75 Å². The molecule has 0 aliphatic heterocycles. The molecule has 0 saturated heterocycles. The Labute approximate surface area is 116 Å². The zero-order valence-corrected chi connectivity index (χ0v) is 11.7. The second-order valence-corrected chi connectivity index (χ2v) is 5.30. The summed E-state index contributed by atoms with van der Waals surface area (Å²) in [5, 5.41) is 8.79. The van der Waals surface area contributed by atoms with E-state index in [1.807, 2.05) is 4.57 Å². The van der Waals surface area contributed by atoms with Crippen molar-refractivity contribution in [2.24, 2.45) is 0 Å². The lowest BCUT2D eigenvalue weighted by Gasteiger charge is -2.10. The summed E-state index contributed by atoms with van der Waals surface area (Å²) >= 11 is 1.55. The molecule has 0 aliphatic carbocycles. The standard InChI is InChI=1S/C13H16FN3OS/c1-10(2)17-9-15-16-13(17)19-8-7-18-12-6-4-3-5-11(12)14/h3-6,9-10H,7-8H2,1-2H3. The van der Waals surface area contributed by atoms with Gasteiger partial charge in [-0.2, -0.15) is 0 Å². The molecular weight excluding hydrogens is 265 g/mol. The predicted octanol–water partition coefficient (Wildman–Crippen LogP) is 3.17. The van der Waals surface area contributed by atoms with Gasteiger partial charge < -0.3 is 9.30 Å². The summed E-state index contributed by atoms with van der Waals surface area (Å²) in [5.74, 6) is 0.644. The average Bonchev–Trinajstić information content (AvgIpc) is 2.85. The van der Waals surface area contributed by atoms with Crippen LogP contribution in [0.3, 0.4) is 0 Å². The van der Waals surface area contributed by atoms with Crippen LogP contribution in [0.25, 0.3) is 0 Å². The van der Waals surface area contributed by atoms with Crippen LogP contribution in [0.15, 0.2) is 35.7 Å². The van der Waals surface area contributed by atoms with Gasteiger partial charge in [-0.05, 0) is 26.0 Å². The van der Waals surface area contributed by atoms with Gasteiger partial charge in [-0.1, -0.05) is 23.9 Å². The number of rotatable bonds is 6. The second-order valence-electron chi connectivity index (χ2n) is 4.24. The van der Waals surface area contributed by atoms with Crippen molar-refractivity contribution in [3.05, 3.63) is 36.4 Å². The Balaban J connectivity index is 1.81. The number of hydrogen-bond donors (Lipinski definition) is 0. The maximum absolute atomic E-state index is 13.3. The highest BCUT2D eigenvalue weighted by molar-refractivity contribution is 7.99. The molecular formula is C13H16FN3OS. The average molecular weight is 281 g/mol. The summed E-state index contributed by atoms with van der Waals surface area (Å²) < 4.78 is 20.7. The number of thioether (sulfide) groups is 1. The van der Waals surface area contributed by atoms with Crippen LogP contribution < -0.4 is 4.74 Å². The van der Waals surface area contributed by atoms with Crippen LogP contribution in [-0.2, 0) is 0 Å². The molecule has 4 nitrogen and oxygen atoms in total. The molecule has 19 heavy (non-hydrogen) atoms. The largest absolute Gasteiger partial charge is 0.490 e. The molecule has 0 bridgehead atoms.